The van der Waals surface area contributed by atoms with Gasteiger partial charge in [-0.3, -0.25) is 9.59 Å². The highest BCUT2D eigenvalue weighted by Gasteiger charge is 2.34. The quantitative estimate of drug-likeness (QED) is 0.433. The topological polar surface area (TPSA) is 93.1 Å². The molecule has 0 atom stereocenters. The minimum atomic E-state index is -1.34. The van der Waals surface area contributed by atoms with Gasteiger partial charge in [0.15, 0.2) is 0 Å². The van der Waals surface area contributed by atoms with Gasteiger partial charge in [0.05, 0.1) is 13.2 Å². The van der Waals surface area contributed by atoms with E-state index in [0.29, 0.717) is 11.5 Å². The van der Waals surface area contributed by atoms with E-state index in [0.717, 1.165) is 16.7 Å². The Kier molecular flexibility index (Phi) is 7.09. The summed E-state index contributed by atoms with van der Waals surface area (Å²) in [7, 11) is 0. The summed E-state index contributed by atoms with van der Waals surface area (Å²) in [5.41, 5.74) is 1.39. The highest BCUT2D eigenvalue weighted by atomic mass is 16.5. The number of aliphatic hydroxyl groups excluding tert-OH is 2. The van der Waals surface area contributed by atoms with Gasteiger partial charge in [0.1, 0.15) is 16.9 Å². The lowest BCUT2D eigenvalue weighted by Crippen LogP contribution is -2.38. The number of aliphatic hydroxyl groups is 2. The molecule has 2 aromatic rings. The van der Waals surface area contributed by atoms with Crippen LogP contribution >= 0.6 is 0 Å². The summed E-state index contributed by atoms with van der Waals surface area (Å²) < 4.78 is 10.3. The van der Waals surface area contributed by atoms with Crippen LogP contribution in [0.5, 0.6) is 11.5 Å². The maximum atomic E-state index is 12.0. The number of carbonyl (C=O) groups excluding carboxylic acids is 2. The van der Waals surface area contributed by atoms with Crippen molar-refractivity contribution >= 4 is 24.1 Å². The van der Waals surface area contributed by atoms with Crippen LogP contribution in [0.2, 0.25) is 0 Å². The molecule has 0 spiro atoms. The Bertz CT molecular complexity index is 863. The van der Waals surface area contributed by atoms with Crippen molar-refractivity contribution in [3.8, 4) is 11.5 Å². The number of ether oxygens (including phenoxy) is 2. The molecule has 2 aromatic carbocycles. The van der Waals surface area contributed by atoms with Crippen molar-refractivity contribution in [2.45, 2.75) is 20.8 Å². The Hall–Kier alpha value is -2.96. The molecular formula is C22H24O6. The van der Waals surface area contributed by atoms with Crippen molar-refractivity contribution < 1.29 is 29.3 Å². The predicted octanol–water partition coefficient (Wildman–Crippen LogP) is 2.99. The maximum absolute atomic E-state index is 12.0. The molecule has 0 bridgehead atoms. The van der Waals surface area contributed by atoms with E-state index >= 15 is 0 Å². The monoisotopic (exact) mass is 384 g/mol. The van der Waals surface area contributed by atoms with E-state index in [4.69, 9.17) is 9.47 Å². The third-order valence-electron chi connectivity index (χ3n) is 4.08. The molecule has 0 saturated carbocycles. The molecule has 0 amide bonds. The second-order valence-corrected chi connectivity index (χ2v) is 6.84. The molecule has 2 N–H and O–H groups in total. The van der Waals surface area contributed by atoms with E-state index < -0.39 is 24.6 Å². The average Bonchev–Trinajstić information content (AvgIpc) is 2.65. The van der Waals surface area contributed by atoms with Crippen LogP contribution < -0.4 is 9.47 Å². The fourth-order valence-corrected chi connectivity index (χ4v) is 2.35. The van der Waals surface area contributed by atoms with Crippen molar-refractivity contribution in [3.05, 3.63) is 59.2 Å². The molecule has 0 aromatic heterocycles. The van der Waals surface area contributed by atoms with E-state index in [-0.39, 0.29) is 5.97 Å². The molecule has 0 unspecified atom stereocenters. The SMILES string of the molecule is CC(=O)Oc1cc(C)cc(/C=C/c2ccc(OC(=O)C(C)(CO)CO)cc2)c1. The molecule has 6 nitrogen and oxygen atoms in total. The number of benzene rings is 2. The summed E-state index contributed by atoms with van der Waals surface area (Å²) in [5.74, 6) is -0.254. The lowest BCUT2D eigenvalue weighted by Gasteiger charge is -2.21. The fourth-order valence-electron chi connectivity index (χ4n) is 2.35. The number of esters is 2. The zero-order valence-electron chi connectivity index (χ0n) is 16.1. The largest absolute Gasteiger partial charge is 0.427 e. The highest BCUT2D eigenvalue weighted by molar-refractivity contribution is 5.79. The Morgan fingerprint density at radius 3 is 2.11 bits per heavy atom. The molecule has 0 aliphatic heterocycles. The summed E-state index contributed by atoms with van der Waals surface area (Å²) in [5, 5.41) is 18.5. The molecule has 0 heterocycles. The van der Waals surface area contributed by atoms with Gasteiger partial charge in [-0.15, -0.1) is 0 Å². The highest BCUT2D eigenvalue weighted by Crippen LogP contribution is 2.22. The first-order chi connectivity index (χ1) is 13.3. The van der Waals surface area contributed by atoms with Gasteiger partial charge < -0.3 is 19.7 Å². The van der Waals surface area contributed by atoms with Gasteiger partial charge in [-0.2, -0.15) is 0 Å². The van der Waals surface area contributed by atoms with Crippen LogP contribution in [0.15, 0.2) is 42.5 Å². The average molecular weight is 384 g/mol. The standard InChI is InChI=1S/C22H24O6/c1-15-10-18(12-20(11-15)27-16(2)25)5-4-17-6-8-19(9-7-17)28-21(26)22(3,13-23)14-24/h4-12,23-24H,13-14H2,1-3H3/b5-4+. The minimum absolute atomic E-state index is 0.322. The lowest BCUT2D eigenvalue weighted by molar-refractivity contribution is -0.150. The molecule has 28 heavy (non-hydrogen) atoms. The van der Waals surface area contributed by atoms with E-state index in [1.54, 1.807) is 36.4 Å². The van der Waals surface area contributed by atoms with Gasteiger partial charge in [0.2, 0.25) is 0 Å². The smallest absolute Gasteiger partial charge is 0.321 e. The number of aryl methyl sites for hydroxylation is 1. The van der Waals surface area contributed by atoms with Crippen molar-refractivity contribution in [2.75, 3.05) is 13.2 Å². The molecule has 0 saturated heterocycles. The van der Waals surface area contributed by atoms with Gasteiger partial charge in [0, 0.05) is 6.92 Å². The Morgan fingerprint density at radius 2 is 1.54 bits per heavy atom. The van der Waals surface area contributed by atoms with E-state index in [9.17, 15) is 19.8 Å². The first-order valence-electron chi connectivity index (χ1n) is 8.78. The van der Waals surface area contributed by atoms with Crippen LogP contribution in [0.1, 0.15) is 30.5 Å². The molecule has 0 aliphatic carbocycles. The van der Waals surface area contributed by atoms with Gasteiger partial charge in [-0.1, -0.05) is 30.4 Å². The molecule has 0 fully saturated rings. The Labute approximate surface area is 164 Å². The van der Waals surface area contributed by atoms with Crippen LogP contribution in [0, 0.1) is 12.3 Å². The summed E-state index contributed by atoms with van der Waals surface area (Å²) in [4.78, 5) is 23.2. The number of carbonyl (C=O) groups is 2. The second kappa shape index (κ2) is 9.30. The van der Waals surface area contributed by atoms with Crippen LogP contribution in [0.25, 0.3) is 12.2 Å². The van der Waals surface area contributed by atoms with Crippen molar-refractivity contribution in [2.24, 2.45) is 5.41 Å². The van der Waals surface area contributed by atoms with Gasteiger partial charge in [-0.05, 0) is 54.8 Å². The van der Waals surface area contributed by atoms with Crippen molar-refractivity contribution in [3.63, 3.8) is 0 Å². The molecule has 0 radical (unpaired) electrons. The summed E-state index contributed by atoms with van der Waals surface area (Å²) in [6, 6.07) is 12.3. The lowest BCUT2D eigenvalue weighted by atomic mass is 9.93. The van der Waals surface area contributed by atoms with E-state index in [2.05, 4.69) is 0 Å². The molecular weight excluding hydrogens is 360 g/mol. The van der Waals surface area contributed by atoms with Crippen LogP contribution in [0.4, 0.5) is 0 Å². The molecule has 2 rings (SSSR count). The molecule has 148 valence electrons. The summed E-state index contributed by atoms with van der Waals surface area (Å²) >= 11 is 0. The van der Waals surface area contributed by atoms with Crippen molar-refractivity contribution in [1.82, 2.24) is 0 Å². The number of rotatable bonds is 7. The van der Waals surface area contributed by atoms with E-state index in [1.165, 1.54) is 13.8 Å². The Balaban J connectivity index is 2.09. The number of hydrogen-bond acceptors (Lipinski definition) is 6. The molecule has 6 heteroatoms. The van der Waals surface area contributed by atoms with Crippen LogP contribution in [0.3, 0.4) is 0 Å². The zero-order chi connectivity index (χ0) is 20.7. The van der Waals surface area contributed by atoms with Gasteiger partial charge in [-0.25, -0.2) is 0 Å². The van der Waals surface area contributed by atoms with Crippen LogP contribution in [-0.4, -0.2) is 35.4 Å². The zero-order valence-corrected chi connectivity index (χ0v) is 16.1. The molecule has 0 aliphatic rings. The first-order valence-corrected chi connectivity index (χ1v) is 8.78. The second-order valence-electron chi connectivity index (χ2n) is 6.84. The van der Waals surface area contributed by atoms with Gasteiger partial charge >= 0.3 is 11.9 Å². The fraction of sp³-hybridized carbons (Fsp3) is 0.273. The minimum Gasteiger partial charge on any atom is -0.427 e. The third kappa shape index (κ3) is 5.77. The Morgan fingerprint density at radius 1 is 0.929 bits per heavy atom. The normalized spacial score (nSPS) is 11.5. The summed E-state index contributed by atoms with van der Waals surface area (Å²) in [6.07, 6.45) is 3.76. The third-order valence-corrected chi connectivity index (χ3v) is 4.08. The van der Waals surface area contributed by atoms with E-state index in [1.807, 2.05) is 25.1 Å². The predicted molar refractivity (Wildman–Crippen MR) is 106 cm³/mol. The first kappa shape index (κ1) is 21.3. The maximum Gasteiger partial charge on any atom is 0.321 e. The van der Waals surface area contributed by atoms with Crippen molar-refractivity contribution in [1.29, 1.82) is 0 Å². The van der Waals surface area contributed by atoms with Gasteiger partial charge in [0.25, 0.3) is 0 Å². The van der Waals surface area contributed by atoms with Crippen LogP contribution in [-0.2, 0) is 9.59 Å². The number of hydrogen-bond donors (Lipinski definition) is 2. The summed E-state index contributed by atoms with van der Waals surface area (Å²) in [6.45, 7) is 3.69.